The Morgan fingerprint density at radius 1 is 0.941 bits per heavy atom. The average molecular weight is 495 g/mol. The van der Waals surface area contributed by atoms with Gasteiger partial charge in [0.05, 0.1) is 22.6 Å². The molecule has 4 rings (SSSR count). The molecule has 34 heavy (non-hydrogen) atoms. The summed E-state index contributed by atoms with van der Waals surface area (Å²) in [4.78, 5) is 15.5. The molecule has 3 aromatic carbocycles. The van der Waals surface area contributed by atoms with Crippen LogP contribution < -0.4 is 13.9 Å². The van der Waals surface area contributed by atoms with E-state index in [1.807, 2.05) is 56.3 Å². The van der Waals surface area contributed by atoms with E-state index >= 15 is 0 Å². The monoisotopic (exact) mass is 494 g/mol. The number of aryl methyl sites for hydroxylation is 1. The van der Waals surface area contributed by atoms with Crippen molar-refractivity contribution in [3.63, 3.8) is 0 Å². The number of rotatable bonds is 7. The second-order valence-corrected chi connectivity index (χ2v) is 10.8. The minimum Gasteiger partial charge on any atom is -0.497 e. The summed E-state index contributed by atoms with van der Waals surface area (Å²) in [5, 5.41) is 0.825. The van der Waals surface area contributed by atoms with Gasteiger partial charge < -0.3 is 9.64 Å². The van der Waals surface area contributed by atoms with Crippen molar-refractivity contribution in [2.24, 2.45) is 0 Å². The number of sulfonamides is 1. The number of carbonyl (C=O) groups is 1. The zero-order valence-corrected chi connectivity index (χ0v) is 21.1. The molecule has 0 bridgehead atoms. The highest BCUT2D eigenvalue weighted by Crippen LogP contribution is 2.33. The average Bonchev–Trinajstić information content (AvgIpc) is 3.27. The van der Waals surface area contributed by atoms with E-state index < -0.39 is 10.0 Å². The number of nitrogens with zero attached hydrogens (tertiary/aromatic N) is 2. The van der Waals surface area contributed by atoms with Gasteiger partial charge in [-0.25, -0.2) is 8.42 Å². The number of thiophene rings is 1. The summed E-state index contributed by atoms with van der Waals surface area (Å²) in [6.45, 7) is 4.02. The minimum atomic E-state index is -3.70. The normalized spacial score (nSPS) is 11.4. The fourth-order valence-corrected chi connectivity index (χ4v) is 6.19. The van der Waals surface area contributed by atoms with Crippen LogP contribution in [0, 0.1) is 6.92 Å². The van der Waals surface area contributed by atoms with Gasteiger partial charge in [-0.1, -0.05) is 17.7 Å². The molecule has 0 N–H and O–H groups in total. The quantitative estimate of drug-likeness (QED) is 0.330. The van der Waals surface area contributed by atoms with Crippen LogP contribution in [0.25, 0.3) is 10.1 Å². The fourth-order valence-electron chi connectivity index (χ4n) is 3.71. The molecule has 0 aliphatic carbocycles. The van der Waals surface area contributed by atoms with Gasteiger partial charge in [0.1, 0.15) is 5.75 Å². The molecule has 0 unspecified atom stereocenters. The van der Waals surface area contributed by atoms with Crippen molar-refractivity contribution in [1.29, 1.82) is 0 Å². The Morgan fingerprint density at radius 3 is 2.21 bits per heavy atom. The third kappa shape index (κ3) is 4.51. The zero-order chi connectivity index (χ0) is 24.5. The Hall–Kier alpha value is -3.36. The van der Waals surface area contributed by atoms with E-state index in [4.69, 9.17) is 4.74 Å². The van der Waals surface area contributed by atoms with Crippen molar-refractivity contribution in [3.05, 3.63) is 83.2 Å². The van der Waals surface area contributed by atoms with Gasteiger partial charge in [0, 0.05) is 24.0 Å². The Balaban J connectivity index is 1.64. The molecule has 0 spiro atoms. The molecule has 1 aromatic heterocycles. The molecular formula is C26H26N2O4S2. The van der Waals surface area contributed by atoms with Gasteiger partial charge in [0.15, 0.2) is 0 Å². The first-order chi connectivity index (χ1) is 16.2. The van der Waals surface area contributed by atoms with E-state index in [0.29, 0.717) is 10.6 Å². The fraction of sp³-hybridized carbons (Fsp3) is 0.192. The summed E-state index contributed by atoms with van der Waals surface area (Å²) < 4.78 is 34.0. The number of fused-ring (bicyclic) bond motifs is 1. The van der Waals surface area contributed by atoms with Gasteiger partial charge in [0.2, 0.25) is 0 Å². The van der Waals surface area contributed by atoms with Gasteiger partial charge in [0.25, 0.3) is 15.9 Å². The lowest BCUT2D eigenvalue weighted by atomic mass is 10.2. The number of hydrogen-bond donors (Lipinski definition) is 0. The van der Waals surface area contributed by atoms with Crippen molar-refractivity contribution >= 4 is 48.7 Å². The molecule has 1 heterocycles. The molecular weight excluding hydrogens is 468 g/mol. The third-order valence-electron chi connectivity index (χ3n) is 5.66. The SMILES string of the molecule is CCN(c1ccc2sc(C(=O)N(C)c3ccc(OC)cc3)cc2c1)S(=O)(=O)c1ccc(C)cc1. The predicted molar refractivity (Wildman–Crippen MR) is 139 cm³/mol. The van der Waals surface area contributed by atoms with Crippen LogP contribution in [-0.2, 0) is 10.0 Å². The van der Waals surface area contributed by atoms with Crippen LogP contribution in [0.5, 0.6) is 5.75 Å². The largest absolute Gasteiger partial charge is 0.497 e. The van der Waals surface area contributed by atoms with E-state index in [-0.39, 0.29) is 17.3 Å². The molecule has 0 atom stereocenters. The lowest BCUT2D eigenvalue weighted by Gasteiger charge is -2.23. The van der Waals surface area contributed by atoms with E-state index in [9.17, 15) is 13.2 Å². The van der Waals surface area contributed by atoms with Crippen LogP contribution >= 0.6 is 11.3 Å². The van der Waals surface area contributed by atoms with Gasteiger partial charge in [-0.15, -0.1) is 11.3 Å². The van der Waals surface area contributed by atoms with Crippen LogP contribution in [0.4, 0.5) is 11.4 Å². The number of benzene rings is 3. The topological polar surface area (TPSA) is 66.9 Å². The highest BCUT2D eigenvalue weighted by atomic mass is 32.2. The summed E-state index contributed by atoms with van der Waals surface area (Å²) in [6, 6.07) is 21.4. The van der Waals surface area contributed by atoms with Crippen molar-refractivity contribution in [2.75, 3.05) is 29.9 Å². The molecule has 0 radical (unpaired) electrons. The summed E-state index contributed by atoms with van der Waals surface area (Å²) >= 11 is 1.39. The maximum absolute atomic E-state index is 13.3. The van der Waals surface area contributed by atoms with Crippen LogP contribution in [0.2, 0.25) is 0 Å². The molecule has 0 saturated carbocycles. The lowest BCUT2D eigenvalue weighted by Crippen LogP contribution is -2.30. The molecule has 176 valence electrons. The first-order valence-electron chi connectivity index (χ1n) is 10.8. The highest BCUT2D eigenvalue weighted by Gasteiger charge is 2.24. The first kappa shape index (κ1) is 23.8. The molecule has 4 aromatic rings. The predicted octanol–water partition coefficient (Wildman–Crippen LogP) is 5.71. The summed E-state index contributed by atoms with van der Waals surface area (Å²) in [6.07, 6.45) is 0. The summed E-state index contributed by atoms with van der Waals surface area (Å²) in [5.41, 5.74) is 2.32. The number of anilines is 2. The molecule has 6 nitrogen and oxygen atoms in total. The molecule has 0 aliphatic heterocycles. The summed E-state index contributed by atoms with van der Waals surface area (Å²) in [5.74, 6) is 0.590. The molecule has 1 amide bonds. The Bertz CT molecular complexity index is 1430. The Kier molecular flexibility index (Phi) is 6.63. The van der Waals surface area contributed by atoms with Crippen molar-refractivity contribution in [3.8, 4) is 5.75 Å². The van der Waals surface area contributed by atoms with E-state index in [1.165, 1.54) is 15.6 Å². The number of ether oxygens (including phenoxy) is 1. The second-order valence-electron chi connectivity index (χ2n) is 7.88. The standard InChI is InChI=1S/C26H26N2O4S2/c1-5-28(34(30,31)23-13-6-18(2)7-14-23)21-10-15-24-19(16-21)17-25(33-24)26(29)27(3)20-8-11-22(32-4)12-9-20/h6-17H,5H2,1-4H3. The van der Waals surface area contributed by atoms with Crippen molar-refractivity contribution in [1.82, 2.24) is 0 Å². The van der Waals surface area contributed by atoms with Crippen LogP contribution in [0.1, 0.15) is 22.2 Å². The zero-order valence-electron chi connectivity index (χ0n) is 19.5. The number of methoxy groups -OCH3 is 1. The first-order valence-corrected chi connectivity index (χ1v) is 13.1. The van der Waals surface area contributed by atoms with Gasteiger partial charge in [-0.3, -0.25) is 9.10 Å². The third-order valence-corrected chi connectivity index (χ3v) is 8.68. The van der Waals surface area contributed by atoms with E-state index in [1.54, 1.807) is 49.4 Å². The van der Waals surface area contributed by atoms with Crippen molar-refractivity contribution < 1.29 is 17.9 Å². The van der Waals surface area contributed by atoms with Gasteiger partial charge in [-0.05, 0) is 79.9 Å². The molecule has 0 aliphatic rings. The molecule has 0 saturated heterocycles. The Labute approximate surface area is 204 Å². The smallest absolute Gasteiger partial charge is 0.268 e. The minimum absolute atomic E-state index is 0.132. The van der Waals surface area contributed by atoms with Crippen LogP contribution in [0.15, 0.2) is 77.7 Å². The van der Waals surface area contributed by atoms with Crippen LogP contribution in [0.3, 0.4) is 0 Å². The number of hydrogen-bond acceptors (Lipinski definition) is 5. The lowest BCUT2D eigenvalue weighted by molar-refractivity contribution is 0.0997. The number of carbonyl (C=O) groups excluding carboxylic acids is 1. The van der Waals surface area contributed by atoms with E-state index in [0.717, 1.165) is 27.1 Å². The maximum atomic E-state index is 13.3. The maximum Gasteiger partial charge on any atom is 0.268 e. The van der Waals surface area contributed by atoms with Gasteiger partial charge in [-0.2, -0.15) is 0 Å². The second kappa shape index (κ2) is 9.48. The van der Waals surface area contributed by atoms with Gasteiger partial charge >= 0.3 is 0 Å². The summed E-state index contributed by atoms with van der Waals surface area (Å²) in [7, 11) is -0.376. The molecule has 8 heteroatoms. The van der Waals surface area contributed by atoms with Crippen LogP contribution in [-0.4, -0.2) is 35.0 Å². The number of amides is 1. The molecule has 0 fully saturated rings. The van der Waals surface area contributed by atoms with E-state index in [2.05, 4.69) is 0 Å². The highest BCUT2D eigenvalue weighted by molar-refractivity contribution is 7.92. The Morgan fingerprint density at radius 2 is 1.59 bits per heavy atom. The van der Waals surface area contributed by atoms with Crippen molar-refractivity contribution in [2.45, 2.75) is 18.7 Å².